The SMILES string of the molecule is O=C(CCc1cccs1)Nc1ccc(F)c([N+](=O)[O-])c1. The molecule has 1 aromatic heterocycles. The van der Waals surface area contributed by atoms with Crippen LogP contribution >= 0.6 is 11.3 Å². The number of rotatable bonds is 5. The number of carbonyl (C=O) groups is 1. The van der Waals surface area contributed by atoms with Gasteiger partial charge >= 0.3 is 5.69 Å². The van der Waals surface area contributed by atoms with Crippen molar-refractivity contribution in [2.75, 3.05) is 5.32 Å². The number of nitrogens with zero attached hydrogens (tertiary/aromatic N) is 1. The highest BCUT2D eigenvalue weighted by atomic mass is 32.1. The molecule has 0 spiro atoms. The lowest BCUT2D eigenvalue weighted by Crippen LogP contribution is -2.12. The molecule has 0 unspecified atom stereocenters. The number of hydrogen-bond acceptors (Lipinski definition) is 4. The van der Waals surface area contributed by atoms with Crippen molar-refractivity contribution in [1.29, 1.82) is 0 Å². The van der Waals surface area contributed by atoms with Crippen molar-refractivity contribution in [2.45, 2.75) is 12.8 Å². The molecule has 20 heavy (non-hydrogen) atoms. The number of amides is 1. The summed E-state index contributed by atoms with van der Waals surface area (Å²) in [6, 6.07) is 7.11. The topological polar surface area (TPSA) is 72.2 Å². The third-order valence-electron chi connectivity index (χ3n) is 2.61. The van der Waals surface area contributed by atoms with E-state index in [1.165, 1.54) is 6.07 Å². The second-order valence-electron chi connectivity index (χ2n) is 4.05. The number of nitrogens with one attached hydrogen (secondary N) is 1. The van der Waals surface area contributed by atoms with E-state index in [-0.39, 0.29) is 18.0 Å². The van der Waals surface area contributed by atoms with Gasteiger partial charge in [0.05, 0.1) is 4.92 Å². The summed E-state index contributed by atoms with van der Waals surface area (Å²) in [5, 5.41) is 15.0. The maximum atomic E-state index is 13.1. The van der Waals surface area contributed by atoms with Crippen LogP contribution in [0.5, 0.6) is 0 Å². The van der Waals surface area contributed by atoms with Gasteiger partial charge in [0.2, 0.25) is 11.7 Å². The number of aryl methyl sites for hydroxylation is 1. The van der Waals surface area contributed by atoms with Crippen LogP contribution in [0.15, 0.2) is 35.7 Å². The largest absolute Gasteiger partial charge is 0.326 e. The molecule has 1 heterocycles. The fraction of sp³-hybridized carbons (Fsp3) is 0.154. The second-order valence-corrected chi connectivity index (χ2v) is 5.08. The molecule has 1 N–H and O–H groups in total. The monoisotopic (exact) mass is 294 g/mol. The van der Waals surface area contributed by atoms with E-state index >= 15 is 0 Å². The first-order valence-corrected chi connectivity index (χ1v) is 6.70. The molecule has 0 aliphatic heterocycles. The van der Waals surface area contributed by atoms with Crippen LogP contribution in [-0.2, 0) is 11.2 Å². The number of thiophene rings is 1. The Labute approximate surface area is 118 Å². The molecule has 7 heteroatoms. The van der Waals surface area contributed by atoms with Gasteiger partial charge in [0.25, 0.3) is 0 Å². The lowest BCUT2D eigenvalue weighted by Gasteiger charge is -2.04. The van der Waals surface area contributed by atoms with E-state index in [2.05, 4.69) is 5.32 Å². The molecule has 2 rings (SSSR count). The summed E-state index contributed by atoms with van der Waals surface area (Å²) >= 11 is 1.56. The van der Waals surface area contributed by atoms with Crippen molar-refractivity contribution in [3.05, 3.63) is 56.5 Å². The van der Waals surface area contributed by atoms with Gasteiger partial charge in [-0.05, 0) is 30.0 Å². The molecule has 5 nitrogen and oxygen atoms in total. The minimum Gasteiger partial charge on any atom is -0.326 e. The van der Waals surface area contributed by atoms with Crippen LogP contribution in [0, 0.1) is 15.9 Å². The Morgan fingerprint density at radius 3 is 2.85 bits per heavy atom. The maximum Gasteiger partial charge on any atom is 0.306 e. The summed E-state index contributed by atoms with van der Waals surface area (Å²) in [6.07, 6.45) is 0.873. The van der Waals surface area contributed by atoms with Crippen LogP contribution in [0.2, 0.25) is 0 Å². The van der Waals surface area contributed by atoms with E-state index in [4.69, 9.17) is 0 Å². The third-order valence-corrected chi connectivity index (χ3v) is 3.54. The molecule has 0 bridgehead atoms. The van der Waals surface area contributed by atoms with Gasteiger partial charge in [-0.25, -0.2) is 0 Å². The van der Waals surface area contributed by atoms with E-state index in [0.29, 0.717) is 6.42 Å². The number of anilines is 1. The van der Waals surface area contributed by atoms with E-state index < -0.39 is 16.4 Å². The zero-order valence-electron chi connectivity index (χ0n) is 10.3. The smallest absolute Gasteiger partial charge is 0.306 e. The summed E-state index contributed by atoms with van der Waals surface area (Å²) < 4.78 is 13.1. The number of benzene rings is 1. The number of hydrogen-bond donors (Lipinski definition) is 1. The van der Waals surface area contributed by atoms with E-state index in [1.54, 1.807) is 11.3 Å². The van der Waals surface area contributed by atoms with Gasteiger partial charge in [-0.1, -0.05) is 6.07 Å². The average molecular weight is 294 g/mol. The van der Waals surface area contributed by atoms with E-state index in [0.717, 1.165) is 17.0 Å². The number of nitro groups is 1. The number of carbonyl (C=O) groups excluding carboxylic acids is 1. The molecular weight excluding hydrogens is 283 g/mol. The Bertz CT molecular complexity index is 629. The zero-order valence-corrected chi connectivity index (χ0v) is 11.2. The summed E-state index contributed by atoms with van der Waals surface area (Å²) in [4.78, 5) is 22.6. The Balaban J connectivity index is 1.97. The molecule has 1 aromatic carbocycles. The summed E-state index contributed by atoms with van der Waals surface area (Å²) in [6.45, 7) is 0. The molecule has 0 aliphatic rings. The molecule has 2 aromatic rings. The highest BCUT2D eigenvalue weighted by molar-refractivity contribution is 7.09. The van der Waals surface area contributed by atoms with Crippen molar-refractivity contribution >= 4 is 28.6 Å². The molecule has 0 saturated heterocycles. The molecule has 0 fully saturated rings. The average Bonchev–Trinajstić information content (AvgIpc) is 2.91. The molecule has 0 aliphatic carbocycles. The first kappa shape index (κ1) is 14.1. The van der Waals surface area contributed by atoms with Crippen molar-refractivity contribution in [2.24, 2.45) is 0 Å². The van der Waals surface area contributed by atoms with Crippen LogP contribution in [-0.4, -0.2) is 10.8 Å². The van der Waals surface area contributed by atoms with Crippen LogP contribution in [0.25, 0.3) is 0 Å². The van der Waals surface area contributed by atoms with E-state index in [1.807, 2.05) is 17.5 Å². The van der Waals surface area contributed by atoms with Crippen molar-refractivity contribution in [3.8, 4) is 0 Å². The van der Waals surface area contributed by atoms with Gasteiger partial charge in [0, 0.05) is 23.1 Å². The highest BCUT2D eigenvalue weighted by Crippen LogP contribution is 2.22. The predicted octanol–water partition coefficient (Wildman–Crippen LogP) is 3.37. The number of halogens is 1. The lowest BCUT2D eigenvalue weighted by atomic mass is 10.2. The summed E-state index contributed by atoms with van der Waals surface area (Å²) in [7, 11) is 0. The predicted molar refractivity (Wildman–Crippen MR) is 74.3 cm³/mol. The Kier molecular flexibility index (Phi) is 4.41. The minimum atomic E-state index is -0.924. The van der Waals surface area contributed by atoms with Gasteiger partial charge in [-0.15, -0.1) is 11.3 Å². The summed E-state index contributed by atoms with van der Waals surface area (Å²) in [5.74, 6) is -1.19. The normalized spacial score (nSPS) is 10.2. The highest BCUT2D eigenvalue weighted by Gasteiger charge is 2.15. The second kappa shape index (κ2) is 6.25. The van der Waals surface area contributed by atoms with Crippen LogP contribution < -0.4 is 5.32 Å². The van der Waals surface area contributed by atoms with Gasteiger partial charge in [0.1, 0.15) is 0 Å². The van der Waals surface area contributed by atoms with Crippen molar-refractivity contribution in [3.63, 3.8) is 0 Å². The quantitative estimate of drug-likeness (QED) is 0.678. The first-order chi connectivity index (χ1) is 9.56. The first-order valence-electron chi connectivity index (χ1n) is 5.82. The molecule has 0 saturated carbocycles. The molecular formula is C13H11FN2O3S. The van der Waals surface area contributed by atoms with Gasteiger partial charge in [0.15, 0.2) is 0 Å². The lowest BCUT2D eigenvalue weighted by molar-refractivity contribution is -0.387. The zero-order chi connectivity index (χ0) is 14.5. The van der Waals surface area contributed by atoms with Crippen molar-refractivity contribution in [1.82, 2.24) is 0 Å². The van der Waals surface area contributed by atoms with Crippen LogP contribution in [0.3, 0.4) is 0 Å². The molecule has 0 atom stereocenters. The van der Waals surface area contributed by atoms with Gasteiger partial charge < -0.3 is 5.32 Å². The Hall–Kier alpha value is -2.28. The van der Waals surface area contributed by atoms with E-state index in [9.17, 15) is 19.3 Å². The maximum absolute atomic E-state index is 13.1. The van der Waals surface area contributed by atoms with Gasteiger partial charge in [-0.3, -0.25) is 14.9 Å². The van der Waals surface area contributed by atoms with Crippen molar-refractivity contribution < 1.29 is 14.1 Å². The van der Waals surface area contributed by atoms with Gasteiger partial charge in [-0.2, -0.15) is 4.39 Å². The minimum absolute atomic E-state index is 0.217. The standard InChI is InChI=1S/C13H11FN2O3S/c14-11-5-3-9(8-12(11)16(18)19)15-13(17)6-4-10-2-1-7-20-10/h1-3,5,7-8H,4,6H2,(H,15,17). The fourth-order valence-corrected chi connectivity index (χ4v) is 2.35. The summed E-state index contributed by atoms with van der Waals surface area (Å²) in [5.41, 5.74) is -0.435. The Morgan fingerprint density at radius 1 is 1.40 bits per heavy atom. The fourth-order valence-electron chi connectivity index (χ4n) is 1.65. The van der Waals surface area contributed by atoms with Crippen LogP contribution in [0.1, 0.15) is 11.3 Å². The molecule has 1 amide bonds. The third kappa shape index (κ3) is 3.61. The number of nitro benzene ring substituents is 1. The Morgan fingerprint density at radius 2 is 2.20 bits per heavy atom. The van der Waals surface area contributed by atoms with Crippen LogP contribution in [0.4, 0.5) is 15.8 Å². The molecule has 104 valence electrons. The molecule has 0 radical (unpaired) electrons.